The molecular formula is C40H68N2O2. The van der Waals surface area contributed by atoms with Gasteiger partial charge in [0.1, 0.15) is 11.5 Å². The lowest BCUT2D eigenvalue weighted by Gasteiger charge is -2.35. The molecule has 2 rings (SSSR count). The average molecular weight is 609 g/mol. The molecule has 0 aromatic heterocycles. The molecule has 0 radical (unpaired) electrons. The highest BCUT2D eigenvalue weighted by molar-refractivity contribution is 5.42. The van der Waals surface area contributed by atoms with E-state index in [-0.39, 0.29) is 21.7 Å². The van der Waals surface area contributed by atoms with Gasteiger partial charge in [-0.15, -0.1) is 0 Å². The molecule has 44 heavy (non-hydrogen) atoms. The van der Waals surface area contributed by atoms with Gasteiger partial charge in [-0.1, -0.05) is 132 Å². The summed E-state index contributed by atoms with van der Waals surface area (Å²) in [5.74, 6) is 1.70. The van der Waals surface area contributed by atoms with E-state index in [0.717, 1.165) is 50.2 Å². The van der Waals surface area contributed by atoms with Gasteiger partial charge < -0.3 is 20.8 Å². The fraction of sp³-hybridized carbons (Fsp3) is 0.700. The third kappa shape index (κ3) is 12.0. The van der Waals surface area contributed by atoms with E-state index in [2.05, 4.69) is 130 Å². The van der Waals surface area contributed by atoms with Crippen molar-refractivity contribution in [1.82, 2.24) is 10.6 Å². The van der Waals surface area contributed by atoms with Crippen LogP contribution in [0.5, 0.6) is 0 Å². The van der Waals surface area contributed by atoms with Crippen LogP contribution in [0.2, 0.25) is 0 Å². The predicted octanol–water partition coefficient (Wildman–Crippen LogP) is 10.5. The van der Waals surface area contributed by atoms with Gasteiger partial charge in [0, 0.05) is 13.1 Å². The summed E-state index contributed by atoms with van der Waals surface area (Å²) in [5.41, 5.74) is 4.28. The van der Waals surface area contributed by atoms with Crippen molar-refractivity contribution in [2.24, 2.45) is 33.5 Å². The lowest BCUT2D eigenvalue weighted by atomic mass is 9.71. The van der Waals surface area contributed by atoms with Gasteiger partial charge in [0.25, 0.3) is 0 Å². The molecule has 2 aliphatic carbocycles. The summed E-state index contributed by atoms with van der Waals surface area (Å²) in [7, 11) is 0. The number of allylic oxidation sites excluding steroid dienone is 8. The Morgan fingerprint density at radius 3 is 1.20 bits per heavy atom. The number of nitrogens with one attached hydrogen (secondary N) is 2. The molecule has 0 saturated heterocycles. The van der Waals surface area contributed by atoms with Crippen LogP contribution in [-0.4, -0.2) is 36.4 Å². The first kappa shape index (κ1) is 38.1. The van der Waals surface area contributed by atoms with Crippen LogP contribution in [0, 0.1) is 33.5 Å². The molecule has 2 aliphatic rings. The van der Waals surface area contributed by atoms with Crippen LogP contribution in [0.3, 0.4) is 0 Å². The van der Waals surface area contributed by atoms with Gasteiger partial charge in [-0.2, -0.15) is 0 Å². The highest BCUT2D eigenvalue weighted by Gasteiger charge is 2.34. The zero-order valence-electron chi connectivity index (χ0n) is 30.6. The minimum atomic E-state index is -0.0689. The molecule has 0 heterocycles. The van der Waals surface area contributed by atoms with Crippen molar-refractivity contribution in [3.05, 3.63) is 70.3 Å². The molecule has 4 heteroatoms. The molecule has 0 bridgehead atoms. The van der Waals surface area contributed by atoms with Gasteiger partial charge in [-0.25, -0.2) is 0 Å². The highest BCUT2D eigenvalue weighted by Crippen LogP contribution is 2.45. The first-order chi connectivity index (χ1) is 20.2. The zero-order chi connectivity index (χ0) is 33.3. The molecule has 250 valence electrons. The number of aliphatic hydroxyl groups is 2. The van der Waals surface area contributed by atoms with Gasteiger partial charge in [-0.3, -0.25) is 0 Å². The summed E-state index contributed by atoms with van der Waals surface area (Å²) >= 11 is 0. The second kappa shape index (κ2) is 16.0. The van der Waals surface area contributed by atoms with E-state index in [9.17, 15) is 10.2 Å². The second-order valence-electron chi connectivity index (χ2n) is 17.2. The Morgan fingerprint density at radius 2 is 0.909 bits per heavy atom. The van der Waals surface area contributed by atoms with Crippen molar-refractivity contribution in [2.45, 2.75) is 122 Å². The monoisotopic (exact) mass is 609 g/mol. The number of hydrogen-bond donors (Lipinski definition) is 4. The van der Waals surface area contributed by atoms with E-state index in [0.29, 0.717) is 23.4 Å². The first-order valence-corrected chi connectivity index (χ1v) is 17.3. The van der Waals surface area contributed by atoms with Gasteiger partial charge >= 0.3 is 0 Å². The number of aliphatic hydroxyl groups excluding tert-OH is 2. The molecule has 0 spiro atoms. The molecule has 0 aromatic rings. The summed E-state index contributed by atoms with van der Waals surface area (Å²) in [6.45, 7) is 30.2. The third-order valence-corrected chi connectivity index (χ3v) is 8.90. The summed E-state index contributed by atoms with van der Waals surface area (Å²) < 4.78 is 0. The molecule has 2 atom stereocenters. The van der Waals surface area contributed by atoms with Crippen molar-refractivity contribution in [2.75, 3.05) is 26.2 Å². The molecular weight excluding hydrogens is 540 g/mol. The minimum absolute atomic E-state index is 0.0334. The minimum Gasteiger partial charge on any atom is -0.508 e. The summed E-state index contributed by atoms with van der Waals surface area (Å²) in [6.07, 6.45) is 20.4. The van der Waals surface area contributed by atoms with Crippen molar-refractivity contribution in [1.29, 1.82) is 0 Å². The maximum Gasteiger partial charge on any atom is 0.118 e. The maximum atomic E-state index is 11.0. The summed E-state index contributed by atoms with van der Waals surface area (Å²) in [6, 6.07) is 0. The predicted molar refractivity (Wildman–Crippen MR) is 192 cm³/mol. The van der Waals surface area contributed by atoms with Crippen LogP contribution in [-0.2, 0) is 0 Å². The van der Waals surface area contributed by atoms with Gasteiger partial charge in [0.05, 0.1) is 0 Å². The van der Waals surface area contributed by atoms with Crippen molar-refractivity contribution in [3.63, 3.8) is 0 Å². The van der Waals surface area contributed by atoms with Gasteiger partial charge in [0.2, 0.25) is 0 Å². The second-order valence-corrected chi connectivity index (χ2v) is 17.2. The van der Waals surface area contributed by atoms with E-state index in [4.69, 9.17) is 0 Å². The smallest absolute Gasteiger partial charge is 0.118 e. The standard InChI is InChI=1S/C40H68N2O2/c1-37(2,3)31-25-29(26-32(35(31)43)38(4,5)6)19-17-23-41-21-15-13-14-16-22-42-24-18-20-30-27-33(39(7,8)9)36(44)34(28-30)40(10,11)12/h17-20,25,27,29-30,41-44H,13-16,21-24,26,28H2,1-12H3. The largest absolute Gasteiger partial charge is 0.508 e. The van der Waals surface area contributed by atoms with Crippen molar-refractivity contribution in [3.8, 4) is 0 Å². The zero-order valence-corrected chi connectivity index (χ0v) is 30.6. The molecule has 2 unspecified atom stereocenters. The van der Waals surface area contributed by atoms with E-state index in [1.165, 1.54) is 36.8 Å². The van der Waals surface area contributed by atoms with E-state index >= 15 is 0 Å². The number of hydrogen-bond acceptors (Lipinski definition) is 4. The van der Waals surface area contributed by atoms with Crippen LogP contribution in [0.15, 0.2) is 70.3 Å². The fourth-order valence-electron chi connectivity index (χ4n) is 6.18. The van der Waals surface area contributed by atoms with Crippen LogP contribution in [0.1, 0.15) is 122 Å². The average Bonchev–Trinajstić information content (AvgIpc) is 2.87. The van der Waals surface area contributed by atoms with Gasteiger partial charge in [0.15, 0.2) is 0 Å². The Balaban J connectivity index is 1.64. The molecule has 0 amide bonds. The lowest BCUT2D eigenvalue weighted by Crippen LogP contribution is -2.24. The van der Waals surface area contributed by atoms with E-state index < -0.39 is 0 Å². The fourth-order valence-corrected chi connectivity index (χ4v) is 6.18. The van der Waals surface area contributed by atoms with Crippen LogP contribution in [0.25, 0.3) is 0 Å². The topological polar surface area (TPSA) is 64.5 Å². The van der Waals surface area contributed by atoms with Crippen molar-refractivity contribution < 1.29 is 10.2 Å². The third-order valence-electron chi connectivity index (χ3n) is 8.90. The molecule has 4 nitrogen and oxygen atoms in total. The Kier molecular flexibility index (Phi) is 13.9. The van der Waals surface area contributed by atoms with Crippen molar-refractivity contribution >= 4 is 0 Å². The lowest BCUT2D eigenvalue weighted by molar-refractivity contribution is 0.330. The number of unbranched alkanes of at least 4 members (excludes halogenated alkanes) is 3. The molecule has 0 aromatic carbocycles. The molecule has 4 N–H and O–H groups in total. The molecule has 0 saturated carbocycles. The van der Waals surface area contributed by atoms with Crippen LogP contribution >= 0.6 is 0 Å². The SMILES string of the molecule is CC(C)(C)C1=CC(C=CCNCCCCCCNCC=CC2C=C(C(C)(C)C)C(O)=C(C(C)(C)C)C2)CC(C(C)(C)C)=C1O. The summed E-state index contributed by atoms with van der Waals surface area (Å²) in [4.78, 5) is 0. The highest BCUT2D eigenvalue weighted by atomic mass is 16.3. The molecule has 0 aliphatic heterocycles. The van der Waals surface area contributed by atoms with Crippen LogP contribution in [0.4, 0.5) is 0 Å². The first-order valence-electron chi connectivity index (χ1n) is 17.3. The van der Waals surface area contributed by atoms with Crippen LogP contribution < -0.4 is 10.6 Å². The quantitative estimate of drug-likeness (QED) is 0.124. The Bertz CT molecular complexity index is 1030. The Hall–Kier alpha value is -2.04. The summed E-state index contributed by atoms with van der Waals surface area (Å²) in [5, 5.41) is 29.1. The Labute approximate surface area is 272 Å². The normalized spacial score (nSPS) is 21.1. The Morgan fingerprint density at radius 1 is 0.568 bits per heavy atom. The molecule has 0 fully saturated rings. The van der Waals surface area contributed by atoms with Gasteiger partial charge in [-0.05, 0) is 94.6 Å². The van der Waals surface area contributed by atoms with E-state index in [1.54, 1.807) is 0 Å². The number of rotatable bonds is 13. The maximum absolute atomic E-state index is 11.0. The van der Waals surface area contributed by atoms with E-state index in [1.807, 2.05) is 0 Å².